The Hall–Kier alpha value is -7.26. The van der Waals surface area contributed by atoms with Gasteiger partial charge in [0.15, 0.2) is 20.6 Å². The Bertz CT molecular complexity index is 2920. The average molecular weight is 989 g/mol. The van der Waals surface area contributed by atoms with Gasteiger partial charge < -0.3 is 34.9 Å². The molecule has 0 unspecified atom stereocenters. The summed E-state index contributed by atoms with van der Waals surface area (Å²) < 4.78 is 62.2. The Morgan fingerprint density at radius 2 is 1.61 bits per heavy atom. The number of nitrogens with zero attached hydrogens (tertiary/aromatic N) is 9. The zero-order chi connectivity index (χ0) is 49.8. The summed E-state index contributed by atoms with van der Waals surface area (Å²) in [5.74, 6) is -0.141. The zero-order valence-corrected chi connectivity index (χ0v) is 40.3. The van der Waals surface area contributed by atoms with Gasteiger partial charge >= 0.3 is 6.03 Å². The average Bonchev–Trinajstić information content (AvgIpc) is 3.91. The van der Waals surface area contributed by atoms with Crippen molar-refractivity contribution < 1.29 is 45.5 Å². The predicted octanol–water partition coefficient (Wildman–Crippen LogP) is 2.66. The lowest BCUT2D eigenvalue weighted by atomic mass is 9.93. The number of aromatic nitrogens is 8. The number of carbonyl (C=O) groups excluding carboxylic acids is 3. The van der Waals surface area contributed by atoms with Crippen LogP contribution in [0.15, 0.2) is 62.6 Å². The number of sulfone groups is 1. The van der Waals surface area contributed by atoms with Gasteiger partial charge in [-0.05, 0) is 69.1 Å². The summed E-state index contributed by atoms with van der Waals surface area (Å²) in [6, 6.07) is 5.98. The molecule has 0 fully saturated rings. The lowest BCUT2D eigenvalue weighted by Gasteiger charge is -2.14. The first-order valence-electron chi connectivity index (χ1n) is 19.7. The molecule has 1 aromatic carbocycles. The number of rotatable bonds is 14. The number of aromatic amines is 1. The number of ether oxygens (including phenoxy) is 2. The highest BCUT2D eigenvalue weighted by Crippen LogP contribution is 2.28. The van der Waals surface area contributed by atoms with Gasteiger partial charge in [0.1, 0.15) is 12.2 Å². The van der Waals surface area contributed by atoms with Crippen molar-refractivity contribution in [3.63, 3.8) is 0 Å². The summed E-state index contributed by atoms with van der Waals surface area (Å²) in [5, 5.41) is 14.4. The van der Waals surface area contributed by atoms with Gasteiger partial charge in [-0.3, -0.25) is 24.4 Å². The third-order valence-corrected chi connectivity index (χ3v) is 11.3. The minimum absolute atomic E-state index is 0.00623. The van der Waals surface area contributed by atoms with Crippen molar-refractivity contribution in [3.8, 4) is 11.8 Å². The maximum Gasteiger partial charge on any atom is 0.335 e. The molecule has 5 aromatic rings. The van der Waals surface area contributed by atoms with Crippen molar-refractivity contribution >= 4 is 72.7 Å². The molecule has 0 aliphatic carbocycles. The van der Waals surface area contributed by atoms with Gasteiger partial charge in [0.25, 0.3) is 21.5 Å². The van der Waals surface area contributed by atoms with Crippen LogP contribution in [0.2, 0.25) is 5.28 Å². The van der Waals surface area contributed by atoms with Gasteiger partial charge in [-0.25, -0.2) is 22.9 Å². The second kappa shape index (κ2) is 22.8. The van der Waals surface area contributed by atoms with E-state index in [-0.39, 0.29) is 50.6 Å². The lowest BCUT2D eigenvalue weighted by Crippen LogP contribution is -2.36. The van der Waals surface area contributed by atoms with Gasteiger partial charge in [0.2, 0.25) is 34.9 Å². The summed E-state index contributed by atoms with van der Waals surface area (Å²) in [6.45, 7) is 8.73. The second-order valence-corrected chi connectivity index (χ2v) is 18.3. The van der Waals surface area contributed by atoms with Crippen LogP contribution >= 0.6 is 11.6 Å². The zero-order valence-electron chi connectivity index (χ0n) is 38.0. The first kappa shape index (κ1) is 52.4. The second-order valence-electron chi connectivity index (χ2n) is 14.4. The molecule has 67 heavy (non-hydrogen) atoms. The van der Waals surface area contributed by atoms with Gasteiger partial charge in [-0.2, -0.15) is 33.3 Å². The number of hydrogen-bond acceptors (Lipinski definition) is 20. The van der Waals surface area contributed by atoms with Crippen LogP contribution < -0.4 is 35.7 Å². The van der Waals surface area contributed by atoms with E-state index >= 15 is 0 Å². The van der Waals surface area contributed by atoms with E-state index in [1.165, 1.54) is 87.7 Å². The van der Waals surface area contributed by atoms with E-state index in [2.05, 4.69) is 56.1 Å². The van der Waals surface area contributed by atoms with Crippen LogP contribution in [0.5, 0.6) is 11.8 Å². The maximum absolute atomic E-state index is 12.8. The highest BCUT2D eigenvalue weighted by molar-refractivity contribution is 7.90. The fourth-order valence-corrected chi connectivity index (χ4v) is 7.89. The minimum atomic E-state index is -4.46. The number of methoxy groups -OCH3 is 2. The van der Waals surface area contributed by atoms with E-state index in [1.807, 2.05) is 20.8 Å². The SMILES string of the molecule is CCNc1nc(Cl)nc(NC(C)C)n1.COc1cc(OC)nc(NC(=O)NS(=O)(=O)c2ncccc2C(=O)N(C)C)n1.Cc1c(C(=O)c2c[nH]n(C)c2=O)ccc(S(C)(=O)=O)c1C1=NOCC1. The number of hydrogen-bond donors (Lipinski definition) is 5. The van der Waals surface area contributed by atoms with Crippen molar-refractivity contribution in [2.75, 3.05) is 63.7 Å². The van der Waals surface area contributed by atoms with Gasteiger partial charge in [0.05, 0.1) is 36.5 Å². The number of halogens is 1. The van der Waals surface area contributed by atoms with Crippen molar-refractivity contribution in [1.29, 1.82) is 0 Å². The Morgan fingerprint density at radius 1 is 0.955 bits per heavy atom. The molecule has 4 aromatic heterocycles. The molecule has 0 spiro atoms. The molecule has 28 heteroatoms. The molecule has 6 rings (SSSR count). The van der Waals surface area contributed by atoms with Crippen molar-refractivity contribution in [1.82, 2.24) is 49.3 Å². The summed E-state index contributed by atoms with van der Waals surface area (Å²) in [6.07, 6.45) is 4.08. The van der Waals surface area contributed by atoms with E-state index < -0.39 is 48.2 Å². The van der Waals surface area contributed by atoms with Crippen LogP contribution in [-0.2, 0) is 31.7 Å². The molecule has 1 aliphatic heterocycles. The molecule has 0 atom stereocenters. The summed E-state index contributed by atoms with van der Waals surface area (Å²) in [4.78, 5) is 78.8. The Labute approximate surface area is 390 Å². The topological polar surface area (TPSA) is 326 Å². The van der Waals surface area contributed by atoms with Crippen LogP contribution in [0, 0.1) is 6.92 Å². The highest BCUT2D eigenvalue weighted by atomic mass is 35.5. The standard InChI is InChI=1S/C16H17N3O5S.C15H18N6O6S.C8H14ClN5/c1-9-10(15(20)11-8-17-19(2)16(11)21)4-5-13(25(3,22)23)14(9)12-6-7-24-18-12;1-21(2)13(22)9-6-5-7-16-12(9)28(24,25)20-15(23)19-14-17-10(26-3)8-11(18-14)27-4;1-4-10-7-12-6(9)13-8(14-7)11-5(2)3/h4-5,8,17H,6-7H2,1-3H3;5-8H,1-4H3,(H2,17,18,19,20,23);5H,4H2,1-3H3,(H2,10,11,12,13,14). The number of ketones is 1. The molecule has 3 amide bonds. The molecule has 1 aliphatic rings. The first-order valence-corrected chi connectivity index (χ1v) is 23.5. The largest absolute Gasteiger partial charge is 0.481 e. The van der Waals surface area contributed by atoms with E-state index in [4.69, 9.17) is 25.9 Å². The number of sulfonamides is 1. The lowest BCUT2D eigenvalue weighted by molar-refractivity contribution is 0.0822. The summed E-state index contributed by atoms with van der Waals surface area (Å²) in [7, 11) is -0.864. The van der Waals surface area contributed by atoms with Crippen LogP contribution in [0.1, 0.15) is 64.6 Å². The predicted molar refractivity (Wildman–Crippen MR) is 245 cm³/mol. The Kier molecular flexibility index (Phi) is 17.8. The number of nitrogens with one attached hydrogen (secondary N) is 5. The summed E-state index contributed by atoms with van der Waals surface area (Å²) in [5.41, 5.74) is 0.932. The third kappa shape index (κ3) is 13.9. The monoisotopic (exact) mass is 988 g/mol. The molecule has 5 heterocycles. The first-order chi connectivity index (χ1) is 31.5. The molecule has 0 bridgehead atoms. The fraction of sp³-hybridized carbons (Fsp3) is 0.359. The molecule has 0 radical (unpaired) electrons. The van der Waals surface area contributed by atoms with E-state index in [1.54, 1.807) is 11.6 Å². The molecule has 0 saturated carbocycles. The normalized spacial score (nSPS) is 12.0. The number of urea groups is 1. The Balaban J connectivity index is 0.000000231. The quantitative estimate of drug-likeness (QED) is 0.0999. The van der Waals surface area contributed by atoms with Crippen LogP contribution in [0.4, 0.5) is 22.6 Å². The molecule has 0 saturated heterocycles. The molecule has 360 valence electrons. The molecule has 5 N–H and O–H groups in total. The van der Waals surface area contributed by atoms with Crippen LogP contribution in [0.25, 0.3) is 0 Å². The highest BCUT2D eigenvalue weighted by Gasteiger charge is 2.29. The van der Waals surface area contributed by atoms with Gasteiger partial charge in [-0.15, -0.1) is 0 Å². The number of benzene rings is 1. The summed E-state index contributed by atoms with van der Waals surface area (Å²) >= 11 is 5.73. The number of pyridine rings is 1. The van der Waals surface area contributed by atoms with E-state index in [0.29, 0.717) is 41.8 Å². The maximum atomic E-state index is 12.8. The van der Waals surface area contributed by atoms with Crippen LogP contribution in [-0.4, -0.2) is 139 Å². The van der Waals surface area contributed by atoms with Crippen LogP contribution in [0.3, 0.4) is 0 Å². The van der Waals surface area contributed by atoms with Crippen molar-refractivity contribution in [2.45, 2.75) is 50.1 Å². The minimum Gasteiger partial charge on any atom is -0.481 e. The molecule has 25 nitrogen and oxygen atoms in total. The smallest absolute Gasteiger partial charge is 0.335 e. The Morgan fingerprint density at radius 3 is 2.15 bits per heavy atom. The van der Waals surface area contributed by atoms with Gasteiger partial charge in [-0.1, -0.05) is 5.16 Å². The number of amides is 3. The van der Waals surface area contributed by atoms with Gasteiger partial charge in [0, 0.05) is 69.9 Å². The number of aryl methyl sites for hydroxylation is 1. The number of H-pyrrole nitrogens is 1. The van der Waals surface area contributed by atoms with Crippen molar-refractivity contribution in [2.24, 2.45) is 12.2 Å². The molecular weight excluding hydrogens is 940 g/mol. The van der Waals surface area contributed by atoms with E-state index in [0.717, 1.165) is 12.8 Å². The molecular formula is C39H49ClN14O11S2. The number of anilines is 3. The van der Waals surface area contributed by atoms with Crippen molar-refractivity contribution in [3.05, 3.63) is 86.2 Å². The fourth-order valence-electron chi connectivity index (χ4n) is 5.74. The number of oxime groups is 1. The number of carbonyl (C=O) groups is 3. The van der Waals surface area contributed by atoms with E-state index in [9.17, 15) is 36.0 Å². The third-order valence-electron chi connectivity index (χ3n) is 8.72.